The molecule has 1 aliphatic carbocycles. The Labute approximate surface area is 103 Å². The van der Waals surface area contributed by atoms with E-state index in [1.807, 2.05) is 0 Å². The minimum atomic E-state index is -0.127. The van der Waals surface area contributed by atoms with Crippen molar-refractivity contribution < 1.29 is 14.3 Å². The molecule has 0 aromatic rings. The molecule has 3 heteroatoms. The van der Waals surface area contributed by atoms with Crippen LogP contribution in [0.4, 0.5) is 0 Å². The number of Topliss-reactive ketones (excluding diaryl/α,β-unsaturated/α-hetero) is 1. The Morgan fingerprint density at radius 3 is 2.59 bits per heavy atom. The van der Waals surface area contributed by atoms with Crippen molar-refractivity contribution in [1.82, 2.24) is 0 Å². The Hall–Kier alpha value is -0.410. The number of ether oxygens (including phenoxy) is 2. The van der Waals surface area contributed by atoms with E-state index in [1.165, 1.54) is 0 Å². The van der Waals surface area contributed by atoms with Crippen LogP contribution in [0.15, 0.2) is 0 Å². The second-order valence-corrected chi connectivity index (χ2v) is 6.67. The third kappa shape index (κ3) is 2.04. The van der Waals surface area contributed by atoms with Gasteiger partial charge in [0.2, 0.25) is 0 Å². The van der Waals surface area contributed by atoms with E-state index in [0.29, 0.717) is 18.3 Å². The van der Waals surface area contributed by atoms with Gasteiger partial charge in [0.1, 0.15) is 5.78 Å². The lowest BCUT2D eigenvalue weighted by Gasteiger charge is -2.36. The van der Waals surface area contributed by atoms with Gasteiger partial charge in [-0.3, -0.25) is 4.79 Å². The van der Waals surface area contributed by atoms with Crippen LogP contribution in [0, 0.1) is 17.3 Å². The van der Waals surface area contributed by atoms with Crippen molar-refractivity contribution in [2.75, 3.05) is 19.8 Å². The lowest BCUT2D eigenvalue weighted by molar-refractivity contribution is -0.138. The summed E-state index contributed by atoms with van der Waals surface area (Å²) in [4.78, 5) is 12.4. The number of hydrogen-bond acceptors (Lipinski definition) is 3. The summed E-state index contributed by atoms with van der Waals surface area (Å²) in [7, 11) is 0. The summed E-state index contributed by atoms with van der Waals surface area (Å²) in [6.45, 7) is 6.60. The molecular formula is C14H22O3. The molecule has 0 aromatic carbocycles. The van der Waals surface area contributed by atoms with Crippen molar-refractivity contribution in [3.63, 3.8) is 0 Å². The quantitative estimate of drug-likeness (QED) is 0.739. The van der Waals surface area contributed by atoms with Crippen LogP contribution in [0.3, 0.4) is 0 Å². The molecule has 3 rings (SSSR count). The van der Waals surface area contributed by atoms with E-state index in [2.05, 4.69) is 13.8 Å². The average Bonchev–Trinajstić information content (AvgIpc) is 2.71. The van der Waals surface area contributed by atoms with E-state index >= 15 is 0 Å². The maximum Gasteiger partial charge on any atom is 0.139 e. The van der Waals surface area contributed by atoms with Crippen LogP contribution in [-0.2, 0) is 14.3 Å². The topological polar surface area (TPSA) is 35.5 Å². The Morgan fingerprint density at radius 1 is 1.24 bits per heavy atom. The number of hydrogen-bond donors (Lipinski definition) is 0. The third-order valence-electron chi connectivity index (χ3n) is 4.82. The summed E-state index contributed by atoms with van der Waals surface area (Å²) < 4.78 is 11.3. The smallest absolute Gasteiger partial charge is 0.139 e. The molecule has 1 saturated carbocycles. The summed E-state index contributed by atoms with van der Waals surface area (Å²) in [6.07, 6.45) is 3.84. The first-order valence-corrected chi connectivity index (χ1v) is 6.78. The molecule has 0 amide bonds. The molecule has 0 radical (unpaired) electrons. The van der Waals surface area contributed by atoms with Gasteiger partial charge in [0, 0.05) is 31.5 Å². The number of rotatable bonds is 2. The third-order valence-corrected chi connectivity index (χ3v) is 4.82. The van der Waals surface area contributed by atoms with Gasteiger partial charge in [-0.05, 0) is 24.7 Å². The van der Waals surface area contributed by atoms with Crippen LogP contribution in [0.25, 0.3) is 0 Å². The van der Waals surface area contributed by atoms with Gasteiger partial charge in [0.05, 0.1) is 12.2 Å². The molecule has 0 bridgehead atoms. The molecule has 3 unspecified atom stereocenters. The zero-order valence-electron chi connectivity index (χ0n) is 10.8. The first-order chi connectivity index (χ1) is 8.03. The fraction of sp³-hybridized carbons (Fsp3) is 0.929. The fourth-order valence-electron chi connectivity index (χ4n) is 3.37. The minimum absolute atomic E-state index is 0.127. The van der Waals surface area contributed by atoms with E-state index in [1.54, 1.807) is 0 Å². The van der Waals surface area contributed by atoms with Gasteiger partial charge in [-0.25, -0.2) is 0 Å². The maximum absolute atomic E-state index is 12.4. The van der Waals surface area contributed by atoms with Crippen molar-refractivity contribution in [2.45, 2.75) is 45.1 Å². The molecule has 0 aromatic heterocycles. The van der Waals surface area contributed by atoms with Crippen molar-refractivity contribution in [3.8, 4) is 0 Å². The van der Waals surface area contributed by atoms with Gasteiger partial charge in [0.15, 0.2) is 0 Å². The van der Waals surface area contributed by atoms with E-state index in [9.17, 15) is 4.79 Å². The number of carbonyl (C=O) groups is 1. The van der Waals surface area contributed by atoms with Crippen LogP contribution in [0.1, 0.15) is 39.5 Å². The van der Waals surface area contributed by atoms with Gasteiger partial charge in [-0.1, -0.05) is 13.8 Å². The maximum atomic E-state index is 12.4. The Balaban J connectivity index is 1.66. The first kappa shape index (κ1) is 11.7. The standard InChI is InChI=1S/C14H22O3/c1-13(2)8-11(13)12(15)10-3-5-17-14(7-10)4-6-16-9-14/h10-11H,3-9H2,1-2H3. The van der Waals surface area contributed by atoms with E-state index in [4.69, 9.17) is 9.47 Å². The molecule has 2 saturated heterocycles. The number of carbonyl (C=O) groups excluding carboxylic acids is 1. The largest absolute Gasteiger partial charge is 0.378 e. The predicted molar refractivity (Wildman–Crippen MR) is 63.7 cm³/mol. The summed E-state index contributed by atoms with van der Waals surface area (Å²) in [5, 5.41) is 0. The summed E-state index contributed by atoms with van der Waals surface area (Å²) in [5.41, 5.74) is 0.131. The highest BCUT2D eigenvalue weighted by atomic mass is 16.6. The van der Waals surface area contributed by atoms with Gasteiger partial charge in [0.25, 0.3) is 0 Å². The van der Waals surface area contributed by atoms with Gasteiger partial charge in [-0.15, -0.1) is 0 Å². The fourth-order valence-corrected chi connectivity index (χ4v) is 3.37. The molecule has 3 atom stereocenters. The highest BCUT2D eigenvalue weighted by Gasteiger charge is 2.53. The van der Waals surface area contributed by atoms with Gasteiger partial charge >= 0.3 is 0 Å². The Kier molecular flexibility index (Phi) is 2.60. The Bertz CT molecular complexity index is 328. The lowest BCUT2D eigenvalue weighted by Crippen LogP contribution is -2.43. The molecule has 3 nitrogen and oxygen atoms in total. The van der Waals surface area contributed by atoms with Crippen molar-refractivity contribution in [1.29, 1.82) is 0 Å². The highest BCUT2D eigenvalue weighted by Crippen LogP contribution is 2.54. The van der Waals surface area contributed by atoms with Crippen LogP contribution in [0.2, 0.25) is 0 Å². The van der Waals surface area contributed by atoms with Gasteiger partial charge < -0.3 is 9.47 Å². The monoisotopic (exact) mass is 238 g/mol. The van der Waals surface area contributed by atoms with Gasteiger partial charge in [-0.2, -0.15) is 0 Å². The summed E-state index contributed by atoms with van der Waals surface area (Å²) >= 11 is 0. The van der Waals surface area contributed by atoms with Crippen LogP contribution >= 0.6 is 0 Å². The highest BCUT2D eigenvalue weighted by molar-refractivity contribution is 5.86. The SMILES string of the molecule is CC1(C)CC1C(=O)C1CCOC2(CCOC2)C1. The van der Waals surface area contributed by atoms with Crippen LogP contribution in [-0.4, -0.2) is 31.2 Å². The molecule has 2 heterocycles. The zero-order valence-corrected chi connectivity index (χ0v) is 10.8. The molecule has 3 aliphatic rings. The normalized spacial score (nSPS) is 43.9. The summed E-state index contributed by atoms with van der Waals surface area (Å²) in [5.74, 6) is 1.02. The molecule has 0 N–H and O–H groups in total. The van der Waals surface area contributed by atoms with E-state index < -0.39 is 0 Å². The first-order valence-electron chi connectivity index (χ1n) is 6.78. The van der Waals surface area contributed by atoms with Crippen LogP contribution in [0.5, 0.6) is 0 Å². The number of ketones is 1. The lowest BCUT2D eigenvalue weighted by atomic mass is 9.81. The second-order valence-electron chi connectivity index (χ2n) is 6.67. The molecule has 96 valence electrons. The summed E-state index contributed by atoms with van der Waals surface area (Å²) in [6, 6.07) is 0. The van der Waals surface area contributed by atoms with Crippen molar-refractivity contribution >= 4 is 5.78 Å². The van der Waals surface area contributed by atoms with E-state index in [-0.39, 0.29) is 16.9 Å². The molecule has 1 spiro atoms. The molecule has 3 fully saturated rings. The Morgan fingerprint density at radius 2 is 2.00 bits per heavy atom. The minimum Gasteiger partial charge on any atom is -0.378 e. The van der Waals surface area contributed by atoms with Crippen molar-refractivity contribution in [2.24, 2.45) is 17.3 Å². The second kappa shape index (κ2) is 3.79. The molecule has 17 heavy (non-hydrogen) atoms. The average molecular weight is 238 g/mol. The molecular weight excluding hydrogens is 216 g/mol. The van der Waals surface area contributed by atoms with Crippen molar-refractivity contribution in [3.05, 3.63) is 0 Å². The van der Waals surface area contributed by atoms with E-state index in [0.717, 1.165) is 38.9 Å². The zero-order chi connectivity index (χ0) is 12.1. The van der Waals surface area contributed by atoms with Crippen LogP contribution < -0.4 is 0 Å². The predicted octanol–water partition coefficient (Wildman–Crippen LogP) is 2.19. The molecule has 2 aliphatic heterocycles.